The maximum absolute atomic E-state index is 2.59. The van der Waals surface area contributed by atoms with Crippen LogP contribution in [0.2, 0.25) is 0 Å². The summed E-state index contributed by atoms with van der Waals surface area (Å²) < 4.78 is 0. The minimum atomic E-state index is -0.186. The van der Waals surface area contributed by atoms with Crippen molar-refractivity contribution in [2.24, 2.45) is 0 Å². The molecule has 10 aromatic carbocycles. The summed E-state index contributed by atoms with van der Waals surface area (Å²) in [5.41, 5.74) is 13.6. The molecule has 0 aromatic heterocycles. The number of rotatable bonds is 1. The van der Waals surface area contributed by atoms with Crippen molar-refractivity contribution >= 4 is 64.6 Å². The van der Waals surface area contributed by atoms with Crippen molar-refractivity contribution in [3.05, 3.63) is 180 Å². The normalized spacial score (nSPS) is 15.0. The standard InChI is InChI=1S/C54H38/c1-53(2)46-29-43-45(30-44(46)52-40-25-22-34-15-11-14-33-19-20-35(27-47(52)53)50(40)49(33)34)54(3,4)48-28-42(36-16-9-10-17-39(36)51(43)48)38-24-21-32-13-8-6-5-7-12-31-18-23-37(38)41(32)26-31/h5-30H,1-4H3. The second-order valence-electron chi connectivity index (χ2n) is 16.9. The van der Waals surface area contributed by atoms with Gasteiger partial charge in [0, 0.05) is 10.8 Å². The molecule has 2 aliphatic carbocycles. The molecule has 0 heteroatoms. The van der Waals surface area contributed by atoms with Gasteiger partial charge in [0.2, 0.25) is 0 Å². The van der Waals surface area contributed by atoms with Gasteiger partial charge in [-0.1, -0.05) is 155 Å². The molecular formula is C54H38. The van der Waals surface area contributed by atoms with Gasteiger partial charge >= 0.3 is 0 Å². The molecule has 0 amide bonds. The van der Waals surface area contributed by atoms with Crippen LogP contribution in [0.1, 0.15) is 49.9 Å². The van der Waals surface area contributed by atoms with E-state index in [1.165, 1.54) is 120 Å². The summed E-state index contributed by atoms with van der Waals surface area (Å²) in [6.07, 6.45) is 0. The van der Waals surface area contributed by atoms with Crippen LogP contribution >= 0.6 is 0 Å². The van der Waals surface area contributed by atoms with E-state index in [4.69, 9.17) is 0 Å². The molecule has 254 valence electrons. The maximum atomic E-state index is 2.59. The average Bonchev–Trinajstić information content (AvgIpc) is 3.55. The molecular weight excluding hydrogens is 649 g/mol. The zero-order valence-electron chi connectivity index (χ0n) is 31.0. The highest BCUT2D eigenvalue weighted by Crippen LogP contribution is 2.60. The minimum Gasteiger partial charge on any atom is -0.0622 e. The highest BCUT2D eigenvalue weighted by atomic mass is 14.5. The fourth-order valence-electron chi connectivity index (χ4n) is 10.6. The predicted octanol–water partition coefficient (Wildman–Crippen LogP) is 14.9. The van der Waals surface area contributed by atoms with Crippen molar-refractivity contribution in [2.45, 2.75) is 38.5 Å². The highest BCUT2D eigenvalue weighted by Gasteiger charge is 2.43. The third-order valence-corrected chi connectivity index (χ3v) is 13.3. The molecule has 2 aliphatic rings. The topological polar surface area (TPSA) is 0 Å². The van der Waals surface area contributed by atoms with E-state index in [0.717, 1.165) is 0 Å². The Hall–Kier alpha value is -6.24. The van der Waals surface area contributed by atoms with E-state index in [1.54, 1.807) is 0 Å². The van der Waals surface area contributed by atoms with Crippen LogP contribution in [0.15, 0.2) is 158 Å². The summed E-state index contributed by atoms with van der Waals surface area (Å²) >= 11 is 0. The predicted molar refractivity (Wildman–Crippen MR) is 232 cm³/mol. The first-order valence-corrected chi connectivity index (χ1v) is 19.3. The van der Waals surface area contributed by atoms with E-state index < -0.39 is 0 Å². The van der Waals surface area contributed by atoms with Gasteiger partial charge in [-0.3, -0.25) is 0 Å². The summed E-state index contributed by atoms with van der Waals surface area (Å²) in [6, 6.07) is 59.9. The molecule has 0 spiro atoms. The van der Waals surface area contributed by atoms with Gasteiger partial charge in [-0.25, -0.2) is 0 Å². The molecule has 12 rings (SSSR count). The second kappa shape index (κ2) is 10.2. The highest BCUT2D eigenvalue weighted by molar-refractivity contribution is 6.27. The van der Waals surface area contributed by atoms with Crippen molar-refractivity contribution in [3.8, 4) is 33.4 Å². The van der Waals surface area contributed by atoms with Gasteiger partial charge in [-0.05, 0) is 151 Å². The summed E-state index contributed by atoms with van der Waals surface area (Å²) in [6.45, 7) is 9.77. The van der Waals surface area contributed by atoms with Crippen molar-refractivity contribution in [3.63, 3.8) is 0 Å². The molecule has 0 heterocycles. The Balaban J connectivity index is 1.13. The van der Waals surface area contributed by atoms with Gasteiger partial charge in [0.1, 0.15) is 0 Å². The van der Waals surface area contributed by atoms with Crippen molar-refractivity contribution < 1.29 is 0 Å². The van der Waals surface area contributed by atoms with E-state index in [1.807, 2.05) is 0 Å². The molecule has 0 N–H and O–H groups in total. The Morgan fingerprint density at radius 1 is 0.296 bits per heavy atom. The first-order chi connectivity index (χ1) is 26.3. The number of hydrogen-bond donors (Lipinski definition) is 0. The van der Waals surface area contributed by atoms with Gasteiger partial charge in [0.15, 0.2) is 0 Å². The van der Waals surface area contributed by atoms with Crippen molar-refractivity contribution in [1.82, 2.24) is 0 Å². The van der Waals surface area contributed by atoms with Gasteiger partial charge in [-0.2, -0.15) is 0 Å². The van der Waals surface area contributed by atoms with E-state index in [-0.39, 0.29) is 10.8 Å². The van der Waals surface area contributed by atoms with Crippen LogP contribution in [0.25, 0.3) is 98.0 Å². The third kappa shape index (κ3) is 3.78. The molecule has 54 heavy (non-hydrogen) atoms. The lowest BCUT2D eigenvalue weighted by Gasteiger charge is -2.24. The van der Waals surface area contributed by atoms with Crippen LogP contribution in [0.5, 0.6) is 0 Å². The fraction of sp³-hybridized carbons (Fsp3) is 0.111. The van der Waals surface area contributed by atoms with Gasteiger partial charge in [-0.15, -0.1) is 0 Å². The number of hydrogen-bond acceptors (Lipinski definition) is 0. The lowest BCUT2D eigenvalue weighted by Crippen LogP contribution is -2.17. The van der Waals surface area contributed by atoms with E-state index in [0.29, 0.717) is 0 Å². The Morgan fingerprint density at radius 3 is 1.63 bits per heavy atom. The van der Waals surface area contributed by atoms with Crippen LogP contribution in [0, 0.1) is 0 Å². The Bertz CT molecular complexity index is 3300. The lowest BCUT2D eigenvalue weighted by atomic mass is 9.78. The Kier molecular flexibility index (Phi) is 5.74. The maximum Gasteiger partial charge on any atom is 0.0159 e. The largest absolute Gasteiger partial charge is 0.0622 e. The smallest absolute Gasteiger partial charge is 0.0159 e. The van der Waals surface area contributed by atoms with Gasteiger partial charge in [0.05, 0.1) is 0 Å². The third-order valence-electron chi connectivity index (χ3n) is 13.3. The summed E-state index contributed by atoms with van der Waals surface area (Å²) in [5, 5.41) is 15.8. The number of fused-ring (bicyclic) bond motifs is 10. The van der Waals surface area contributed by atoms with Crippen LogP contribution in [-0.4, -0.2) is 0 Å². The summed E-state index contributed by atoms with van der Waals surface area (Å²) in [4.78, 5) is 0. The van der Waals surface area contributed by atoms with Crippen LogP contribution in [0.4, 0.5) is 0 Å². The molecule has 0 saturated carbocycles. The molecule has 0 unspecified atom stereocenters. The average molecular weight is 687 g/mol. The van der Waals surface area contributed by atoms with Crippen molar-refractivity contribution in [2.75, 3.05) is 0 Å². The zero-order valence-corrected chi connectivity index (χ0v) is 31.0. The molecule has 2 bridgehead atoms. The van der Waals surface area contributed by atoms with Crippen LogP contribution < -0.4 is 0 Å². The monoisotopic (exact) mass is 686 g/mol. The van der Waals surface area contributed by atoms with Gasteiger partial charge in [0.25, 0.3) is 0 Å². The SMILES string of the molecule is CC1(C)c2cc3c(cc2-c2c1cc(-c1ccc4ccccccc5ccc1c4c5)c1ccccc21)C(C)(C)c1cc2ccc4cccc5ccc(c1-3)c2c45. The quantitative estimate of drug-likeness (QED) is 0.151. The second-order valence-corrected chi connectivity index (χ2v) is 16.9. The van der Waals surface area contributed by atoms with E-state index in [9.17, 15) is 0 Å². The van der Waals surface area contributed by atoms with Crippen LogP contribution in [0.3, 0.4) is 0 Å². The first kappa shape index (κ1) is 30.2. The number of benzene rings is 9. The zero-order chi connectivity index (χ0) is 36.1. The summed E-state index contributed by atoms with van der Waals surface area (Å²) in [7, 11) is 0. The van der Waals surface area contributed by atoms with Crippen LogP contribution in [-0.2, 0) is 10.8 Å². The molecule has 10 aromatic rings. The summed E-state index contributed by atoms with van der Waals surface area (Å²) in [5.74, 6) is 0. The minimum absolute atomic E-state index is 0.133. The van der Waals surface area contributed by atoms with Crippen molar-refractivity contribution in [1.29, 1.82) is 0 Å². The first-order valence-electron chi connectivity index (χ1n) is 19.3. The lowest BCUT2D eigenvalue weighted by molar-refractivity contribution is 0.652. The van der Waals surface area contributed by atoms with E-state index in [2.05, 4.69) is 185 Å². The Morgan fingerprint density at radius 2 is 0.852 bits per heavy atom. The molecule has 0 nitrogen and oxygen atoms in total. The Labute approximate surface area is 315 Å². The molecule has 0 atom stereocenters. The molecule has 0 radical (unpaired) electrons. The molecule has 0 fully saturated rings. The molecule has 0 saturated heterocycles. The molecule has 0 aliphatic heterocycles. The fourth-order valence-corrected chi connectivity index (χ4v) is 10.6. The van der Waals surface area contributed by atoms with Gasteiger partial charge < -0.3 is 0 Å². The van der Waals surface area contributed by atoms with E-state index >= 15 is 0 Å².